The van der Waals surface area contributed by atoms with Gasteiger partial charge in [-0.1, -0.05) is 54.1 Å². The molecule has 7 heteroatoms. The molecule has 3 N–H and O–H groups in total. The lowest BCUT2D eigenvalue weighted by molar-refractivity contribution is 0.0989. The molecular formula is C27H21ClO5S. The summed E-state index contributed by atoms with van der Waals surface area (Å²) in [5, 5.41) is 24.4. The van der Waals surface area contributed by atoms with Crippen LogP contribution >= 0.6 is 23.4 Å². The first kappa shape index (κ1) is 22.2. The van der Waals surface area contributed by atoms with Crippen LogP contribution in [0.3, 0.4) is 0 Å². The van der Waals surface area contributed by atoms with Crippen LogP contribution in [0.5, 0.6) is 23.0 Å². The maximum Gasteiger partial charge on any atom is 0.293 e. The predicted molar refractivity (Wildman–Crippen MR) is 133 cm³/mol. The normalized spacial score (nSPS) is 12.0. The van der Waals surface area contributed by atoms with Gasteiger partial charge in [-0.15, -0.1) is 11.8 Å². The third-order valence-electron chi connectivity index (χ3n) is 5.07. The van der Waals surface area contributed by atoms with Crippen molar-refractivity contribution < 1.29 is 24.9 Å². The third-order valence-corrected chi connectivity index (χ3v) is 6.67. The third kappa shape index (κ3) is 5.65. The first-order valence-corrected chi connectivity index (χ1v) is 11.6. The van der Waals surface area contributed by atoms with E-state index in [1.54, 1.807) is 42.5 Å². The minimum absolute atomic E-state index is 0.0539. The van der Waals surface area contributed by atoms with E-state index >= 15 is 0 Å². The number of ketones is 1. The number of phenols is 3. The van der Waals surface area contributed by atoms with Crippen LogP contribution in [-0.4, -0.2) is 22.5 Å². The van der Waals surface area contributed by atoms with E-state index in [-0.39, 0.29) is 17.3 Å². The maximum atomic E-state index is 13.4. The molecule has 4 rings (SSSR count). The van der Waals surface area contributed by atoms with Gasteiger partial charge in [0.25, 0.3) is 1.43 Å². The number of Topliss-reactive ketones (excluding diaryl/α,β-unsaturated/α-hetero) is 1. The summed E-state index contributed by atoms with van der Waals surface area (Å²) in [5.74, 6) is 0.417. The fourth-order valence-electron chi connectivity index (χ4n) is 3.28. The van der Waals surface area contributed by atoms with Crippen molar-refractivity contribution in [1.82, 2.24) is 0 Å². The fourth-order valence-corrected chi connectivity index (χ4v) is 4.72. The molecule has 0 bridgehead atoms. The van der Waals surface area contributed by atoms with Crippen molar-refractivity contribution in [1.29, 1.82) is 1.43 Å². The second kappa shape index (κ2) is 10.5. The Balaban J connectivity index is 1.61. The SMILES string of the molecule is [3H]Oc1ccc(C(Sc2cc(Cl)c(OCc3ccccc3)cc2O)C(=O)c2ccc(O)cc2)cc1. The van der Waals surface area contributed by atoms with Gasteiger partial charge in [-0.05, 0) is 53.6 Å². The largest absolute Gasteiger partial charge is 0.508 e. The smallest absolute Gasteiger partial charge is 0.293 e. The van der Waals surface area contributed by atoms with Gasteiger partial charge in [-0.3, -0.25) is 4.79 Å². The summed E-state index contributed by atoms with van der Waals surface area (Å²) in [5.41, 5.74) is 2.00. The number of benzene rings is 4. The first-order valence-electron chi connectivity index (χ1n) is 10.8. The van der Waals surface area contributed by atoms with Crippen LogP contribution in [0.15, 0.2) is 95.9 Å². The van der Waals surface area contributed by atoms with Gasteiger partial charge in [0.05, 0.1) is 15.2 Å². The number of hydrogen-bond donors (Lipinski definition) is 3. The Morgan fingerprint density at radius 2 is 1.62 bits per heavy atom. The van der Waals surface area contributed by atoms with E-state index in [0.29, 0.717) is 39.2 Å². The maximum absolute atomic E-state index is 13.4. The zero-order chi connectivity index (χ0) is 24.8. The Morgan fingerprint density at radius 3 is 2.29 bits per heavy atom. The van der Waals surface area contributed by atoms with Crippen LogP contribution in [0.1, 0.15) is 26.7 Å². The van der Waals surface area contributed by atoms with Gasteiger partial charge >= 0.3 is 0 Å². The molecule has 0 saturated carbocycles. The molecule has 0 amide bonds. The van der Waals surface area contributed by atoms with E-state index in [1.807, 2.05) is 30.3 Å². The first-order chi connectivity index (χ1) is 16.9. The predicted octanol–water partition coefficient (Wildman–Crippen LogP) is 6.75. The van der Waals surface area contributed by atoms with E-state index in [1.165, 1.54) is 18.2 Å². The number of rotatable bonds is 9. The van der Waals surface area contributed by atoms with Crippen molar-refractivity contribution in [3.63, 3.8) is 0 Å². The van der Waals surface area contributed by atoms with Crippen LogP contribution in [0.4, 0.5) is 0 Å². The van der Waals surface area contributed by atoms with E-state index in [0.717, 1.165) is 17.3 Å². The highest BCUT2D eigenvalue weighted by atomic mass is 35.5. The standard InChI is InChI=1S/C27H21ClO5S/c28-22-14-25(23(31)15-24(22)33-16-17-4-2-1-3-5-17)34-27(19-8-12-21(30)13-9-19)26(32)18-6-10-20(29)11-7-18/h1-15,27,29-31H,16H2/i/hT. The van der Waals surface area contributed by atoms with Gasteiger partial charge in [-0.2, -0.15) is 0 Å². The van der Waals surface area contributed by atoms with Gasteiger partial charge in [0.15, 0.2) is 5.78 Å². The monoisotopic (exact) mass is 494 g/mol. The summed E-state index contributed by atoms with van der Waals surface area (Å²) in [6.45, 7) is 0.291. The fraction of sp³-hybridized carbons (Fsp3) is 0.0741. The average Bonchev–Trinajstić information content (AvgIpc) is 2.89. The zero-order valence-electron chi connectivity index (χ0n) is 18.9. The molecule has 0 radical (unpaired) electrons. The highest BCUT2D eigenvalue weighted by molar-refractivity contribution is 8.00. The average molecular weight is 495 g/mol. The molecule has 34 heavy (non-hydrogen) atoms. The molecule has 0 aliphatic carbocycles. The Hall–Kier alpha value is -3.61. The molecule has 172 valence electrons. The summed E-state index contributed by atoms with van der Waals surface area (Å²) < 4.78 is 12.8. The molecule has 4 aromatic carbocycles. The molecule has 0 saturated heterocycles. The molecule has 5 nitrogen and oxygen atoms in total. The number of carbonyl (C=O) groups excluding carboxylic acids is 1. The van der Waals surface area contributed by atoms with Crippen LogP contribution in [0.25, 0.3) is 0 Å². The van der Waals surface area contributed by atoms with E-state index in [2.05, 4.69) is 5.11 Å². The number of halogens is 1. The Kier molecular flexibility index (Phi) is 6.89. The number of aromatic hydroxyl groups is 3. The second-order valence-electron chi connectivity index (χ2n) is 7.50. The lowest BCUT2D eigenvalue weighted by atomic mass is 10.0. The van der Waals surface area contributed by atoms with Crippen molar-refractivity contribution >= 4 is 29.1 Å². The molecule has 0 fully saturated rings. The molecule has 0 aliphatic rings. The van der Waals surface area contributed by atoms with Crippen LogP contribution in [-0.2, 0) is 6.61 Å². The number of phenolic OH excluding ortho intramolecular Hbond substituents is 3. The summed E-state index contributed by atoms with van der Waals surface area (Å²) in [7, 11) is 0. The Morgan fingerprint density at radius 1 is 0.941 bits per heavy atom. The Labute approximate surface area is 207 Å². The van der Waals surface area contributed by atoms with Crippen molar-refractivity contribution in [2.24, 2.45) is 0 Å². The van der Waals surface area contributed by atoms with Crippen molar-refractivity contribution in [2.45, 2.75) is 16.8 Å². The van der Waals surface area contributed by atoms with E-state index < -0.39 is 5.25 Å². The van der Waals surface area contributed by atoms with Gasteiger partial charge in [0, 0.05) is 11.6 Å². The van der Waals surface area contributed by atoms with Crippen LogP contribution in [0, 0.1) is 0 Å². The number of hydrogen-bond acceptors (Lipinski definition) is 6. The highest BCUT2D eigenvalue weighted by Gasteiger charge is 2.25. The molecule has 0 heterocycles. The van der Waals surface area contributed by atoms with Crippen molar-refractivity contribution in [2.75, 3.05) is 0 Å². The van der Waals surface area contributed by atoms with Crippen molar-refractivity contribution in [3.8, 4) is 23.0 Å². The summed E-state index contributed by atoms with van der Waals surface area (Å²) >= 11 is 7.59. The van der Waals surface area contributed by atoms with Crippen molar-refractivity contribution in [3.05, 3.63) is 113 Å². The second-order valence-corrected chi connectivity index (χ2v) is 9.06. The topological polar surface area (TPSA) is 87.0 Å². The molecule has 0 spiro atoms. The lowest BCUT2D eigenvalue weighted by Gasteiger charge is -2.18. The van der Waals surface area contributed by atoms with Crippen LogP contribution < -0.4 is 4.74 Å². The molecule has 4 aromatic rings. The number of thioether (sulfide) groups is 1. The number of ether oxygens (including phenoxy) is 1. The summed E-state index contributed by atoms with van der Waals surface area (Å²) in [6, 6.07) is 25.1. The summed E-state index contributed by atoms with van der Waals surface area (Å²) in [4.78, 5) is 13.8. The van der Waals surface area contributed by atoms with Gasteiger partial charge in [-0.25, -0.2) is 0 Å². The lowest BCUT2D eigenvalue weighted by Crippen LogP contribution is -2.10. The molecule has 1 unspecified atom stereocenters. The molecule has 0 aromatic heterocycles. The zero-order valence-corrected chi connectivity index (χ0v) is 19.4. The minimum atomic E-state index is -0.739. The van der Waals surface area contributed by atoms with Gasteiger partial charge in [0.1, 0.15) is 29.6 Å². The molecular weight excluding hydrogens is 472 g/mol. The minimum Gasteiger partial charge on any atom is -0.508 e. The van der Waals surface area contributed by atoms with E-state index in [4.69, 9.17) is 17.8 Å². The quantitative estimate of drug-likeness (QED) is 0.176. The number of carbonyl (C=O) groups is 1. The highest BCUT2D eigenvalue weighted by Crippen LogP contribution is 2.45. The molecule has 0 aliphatic heterocycles. The Bertz CT molecular complexity index is 1300. The van der Waals surface area contributed by atoms with Crippen LogP contribution in [0.2, 0.25) is 5.02 Å². The molecule has 1 atom stereocenters. The van der Waals surface area contributed by atoms with Gasteiger partial charge in [0.2, 0.25) is 0 Å². The van der Waals surface area contributed by atoms with Gasteiger partial charge < -0.3 is 20.1 Å². The summed E-state index contributed by atoms with van der Waals surface area (Å²) in [6.07, 6.45) is 0. The van der Waals surface area contributed by atoms with E-state index in [9.17, 15) is 15.0 Å².